The molecule has 15 heavy (non-hydrogen) atoms. The molecular weight excluding hydrogens is 250 g/mol. The van der Waals surface area contributed by atoms with E-state index in [2.05, 4.69) is 6.92 Å². The summed E-state index contributed by atoms with van der Waals surface area (Å²) in [5.41, 5.74) is 0. The molecule has 0 bridgehead atoms. The molecular formula is C12H23Cl3. The van der Waals surface area contributed by atoms with Gasteiger partial charge in [-0.1, -0.05) is 51.9 Å². The van der Waals surface area contributed by atoms with Crippen LogP contribution in [0.2, 0.25) is 0 Å². The molecule has 92 valence electrons. The Balaban J connectivity index is 3.22. The van der Waals surface area contributed by atoms with E-state index < -0.39 is 0 Å². The lowest BCUT2D eigenvalue weighted by molar-refractivity contribution is 0.505. The molecule has 0 saturated carbocycles. The van der Waals surface area contributed by atoms with Gasteiger partial charge in [-0.15, -0.1) is 34.8 Å². The first-order valence-electron chi connectivity index (χ1n) is 6.06. The zero-order valence-electron chi connectivity index (χ0n) is 9.65. The molecule has 0 aromatic heterocycles. The lowest BCUT2D eigenvalue weighted by Crippen LogP contribution is -2.10. The van der Waals surface area contributed by atoms with Crippen LogP contribution >= 0.6 is 34.8 Å². The summed E-state index contributed by atoms with van der Waals surface area (Å²) in [7, 11) is 0. The van der Waals surface area contributed by atoms with Gasteiger partial charge >= 0.3 is 0 Å². The molecule has 0 rings (SSSR count). The van der Waals surface area contributed by atoms with Crippen LogP contribution in [0.4, 0.5) is 0 Å². The minimum atomic E-state index is -0.303. The van der Waals surface area contributed by atoms with Crippen molar-refractivity contribution in [3.8, 4) is 0 Å². The Kier molecular flexibility index (Phi) is 12.0. The molecule has 0 spiro atoms. The van der Waals surface area contributed by atoms with Crippen molar-refractivity contribution in [2.75, 3.05) is 5.88 Å². The van der Waals surface area contributed by atoms with Crippen molar-refractivity contribution in [3.63, 3.8) is 0 Å². The molecule has 0 aliphatic rings. The highest BCUT2D eigenvalue weighted by atomic mass is 35.5. The Labute approximate surface area is 110 Å². The van der Waals surface area contributed by atoms with Gasteiger partial charge in [-0.2, -0.15) is 0 Å². The lowest BCUT2D eigenvalue weighted by Gasteiger charge is -2.13. The minimum Gasteiger partial charge on any atom is -0.126 e. The van der Waals surface area contributed by atoms with E-state index >= 15 is 0 Å². The van der Waals surface area contributed by atoms with Gasteiger partial charge in [0.2, 0.25) is 0 Å². The van der Waals surface area contributed by atoms with Gasteiger partial charge in [0.25, 0.3) is 0 Å². The molecule has 0 aliphatic carbocycles. The molecule has 1 unspecified atom stereocenters. The summed E-state index contributed by atoms with van der Waals surface area (Å²) in [6.45, 7) is 2.24. The second-order valence-electron chi connectivity index (χ2n) is 4.16. The summed E-state index contributed by atoms with van der Waals surface area (Å²) >= 11 is 17.4. The van der Waals surface area contributed by atoms with E-state index in [-0.39, 0.29) is 10.8 Å². The van der Waals surface area contributed by atoms with Crippen LogP contribution in [0.3, 0.4) is 0 Å². The van der Waals surface area contributed by atoms with E-state index in [0.717, 1.165) is 6.42 Å². The molecule has 0 amide bonds. The average Bonchev–Trinajstić information content (AvgIpc) is 2.21. The van der Waals surface area contributed by atoms with Crippen LogP contribution in [0.5, 0.6) is 0 Å². The van der Waals surface area contributed by atoms with Crippen LogP contribution < -0.4 is 0 Å². The maximum atomic E-state index is 5.81. The molecule has 0 heterocycles. The van der Waals surface area contributed by atoms with Crippen LogP contribution in [-0.2, 0) is 0 Å². The second kappa shape index (κ2) is 11.4. The highest BCUT2D eigenvalue weighted by molar-refractivity contribution is 6.44. The average molecular weight is 274 g/mol. The second-order valence-corrected chi connectivity index (χ2v) is 5.63. The van der Waals surface area contributed by atoms with Gasteiger partial charge in [0.1, 0.15) is 4.84 Å². The van der Waals surface area contributed by atoms with Gasteiger partial charge in [0, 0.05) is 11.8 Å². The van der Waals surface area contributed by atoms with E-state index in [9.17, 15) is 0 Å². The van der Waals surface area contributed by atoms with Crippen LogP contribution in [0, 0.1) is 5.92 Å². The normalized spacial score (nSPS) is 13.4. The van der Waals surface area contributed by atoms with Crippen molar-refractivity contribution >= 4 is 34.8 Å². The zero-order valence-corrected chi connectivity index (χ0v) is 11.9. The fourth-order valence-electron chi connectivity index (χ4n) is 1.63. The monoisotopic (exact) mass is 272 g/mol. The molecule has 0 aliphatic heterocycles. The Morgan fingerprint density at radius 1 is 0.867 bits per heavy atom. The van der Waals surface area contributed by atoms with E-state index in [0.29, 0.717) is 5.88 Å². The van der Waals surface area contributed by atoms with Gasteiger partial charge in [-0.3, -0.25) is 0 Å². The van der Waals surface area contributed by atoms with E-state index in [4.69, 9.17) is 34.8 Å². The predicted molar refractivity (Wildman–Crippen MR) is 72.3 cm³/mol. The highest BCUT2D eigenvalue weighted by Gasteiger charge is 2.14. The fraction of sp³-hybridized carbons (Fsp3) is 1.00. The SMILES string of the molecule is CCCCCCCCCC(CCl)C(Cl)Cl. The zero-order chi connectivity index (χ0) is 11.5. The summed E-state index contributed by atoms with van der Waals surface area (Å²) in [5, 5.41) is 0. The molecule has 1 atom stereocenters. The minimum absolute atomic E-state index is 0.269. The number of alkyl halides is 3. The first kappa shape index (κ1) is 15.9. The van der Waals surface area contributed by atoms with Crippen molar-refractivity contribution in [1.29, 1.82) is 0 Å². The van der Waals surface area contributed by atoms with Gasteiger partial charge in [0.15, 0.2) is 0 Å². The van der Waals surface area contributed by atoms with Crippen LogP contribution in [0.25, 0.3) is 0 Å². The summed E-state index contributed by atoms with van der Waals surface area (Å²) in [6, 6.07) is 0. The molecule has 0 radical (unpaired) electrons. The quantitative estimate of drug-likeness (QED) is 0.349. The number of hydrogen-bond acceptors (Lipinski definition) is 0. The van der Waals surface area contributed by atoms with Gasteiger partial charge < -0.3 is 0 Å². The Morgan fingerprint density at radius 3 is 1.87 bits per heavy atom. The summed E-state index contributed by atoms with van der Waals surface area (Å²) in [4.78, 5) is -0.303. The van der Waals surface area contributed by atoms with Crippen LogP contribution in [0.15, 0.2) is 0 Å². The maximum absolute atomic E-state index is 5.81. The third-order valence-electron chi connectivity index (χ3n) is 2.73. The molecule has 0 aromatic carbocycles. The smallest absolute Gasteiger partial charge is 0.111 e. The molecule has 0 saturated heterocycles. The Hall–Kier alpha value is 0.870. The Bertz CT molecular complexity index is 126. The van der Waals surface area contributed by atoms with E-state index in [1.165, 1.54) is 44.9 Å². The third-order valence-corrected chi connectivity index (χ3v) is 3.84. The summed E-state index contributed by atoms with van der Waals surface area (Å²) < 4.78 is 0. The molecule has 0 nitrogen and oxygen atoms in total. The third kappa shape index (κ3) is 9.78. The standard InChI is InChI=1S/C12H23Cl3/c1-2-3-4-5-6-7-8-9-11(10-13)12(14)15/h11-12H,2-10H2,1H3. The van der Waals surface area contributed by atoms with Crippen molar-refractivity contribution in [2.45, 2.75) is 63.1 Å². The summed E-state index contributed by atoms with van der Waals surface area (Å²) in [6.07, 6.45) is 10.3. The van der Waals surface area contributed by atoms with Gasteiger partial charge in [0.05, 0.1) is 0 Å². The van der Waals surface area contributed by atoms with Gasteiger partial charge in [-0.25, -0.2) is 0 Å². The van der Waals surface area contributed by atoms with Crippen molar-refractivity contribution in [2.24, 2.45) is 5.92 Å². The predicted octanol–water partition coefficient (Wildman–Crippen LogP) is 5.79. The topological polar surface area (TPSA) is 0 Å². The fourth-order valence-corrected chi connectivity index (χ4v) is 2.58. The van der Waals surface area contributed by atoms with Crippen LogP contribution in [-0.4, -0.2) is 10.7 Å². The Morgan fingerprint density at radius 2 is 1.40 bits per heavy atom. The van der Waals surface area contributed by atoms with E-state index in [1.54, 1.807) is 0 Å². The van der Waals surface area contributed by atoms with Crippen LogP contribution in [0.1, 0.15) is 58.3 Å². The van der Waals surface area contributed by atoms with Gasteiger partial charge in [-0.05, 0) is 6.42 Å². The lowest BCUT2D eigenvalue weighted by atomic mass is 10.0. The first-order valence-corrected chi connectivity index (χ1v) is 7.47. The highest BCUT2D eigenvalue weighted by Crippen LogP contribution is 2.23. The number of rotatable bonds is 10. The number of hydrogen-bond donors (Lipinski definition) is 0. The van der Waals surface area contributed by atoms with Crippen molar-refractivity contribution in [1.82, 2.24) is 0 Å². The number of unbranched alkanes of at least 4 members (excludes halogenated alkanes) is 6. The molecule has 3 heteroatoms. The largest absolute Gasteiger partial charge is 0.126 e. The maximum Gasteiger partial charge on any atom is 0.111 e. The molecule has 0 N–H and O–H groups in total. The molecule has 0 aromatic rings. The van der Waals surface area contributed by atoms with Crippen molar-refractivity contribution < 1.29 is 0 Å². The van der Waals surface area contributed by atoms with Crippen molar-refractivity contribution in [3.05, 3.63) is 0 Å². The summed E-state index contributed by atoms with van der Waals surface area (Å²) in [5.74, 6) is 0.846. The molecule has 0 fully saturated rings. The number of halogens is 3. The first-order chi connectivity index (χ1) is 7.22. The van der Waals surface area contributed by atoms with E-state index in [1.807, 2.05) is 0 Å².